The third-order valence-corrected chi connectivity index (χ3v) is 6.50. The molecule has 0 saturated carbocycles. The molecule has 1 atom stereocenters. The van der Waals surface area contributed by atoms with Gasteiger partial charge in [-0.25, -0.2) is 4.99 Å². The molecule has 5 N–H and O–H groups in total. The zero-order valence-electron chi connectivity index (χ0n) is 18.5. The van der Waals surface area contributed by atoms with Crippen LogP contribution in [0.25, 0.3) is 11.1 Å². The molecule has 32 heavy (non-hydrogen) atoms. The number of nitrogens with one attached hydrogen (secondary N) is 1. The summed E-state index contributed by atoms with van der Waals surface area (Å²) in [6, 6.07) is 14.3. The number of nitrogens with zero attached hydrogens (tertiary/aromatic N) is 4. The minimum atomic E-state index is -1.08. The lowest BCUT2D eigenvalue weighted by molar-refractivity contribution is 0.313. The number of pyridine rings is 1. The van der Waals surface area contributed by atoms with E-state index in [1.807, 2.05) is 24.4 Å². The lowest BCUT2D eigenvalue weighted by atomic mass is 9.95. The molecule has 5 rings (SSSR count). The molecule has 7 heteroatoms. The van der Waals surface area contributed by atoms with Crippen LogP contribution in [0, 0.1) is 6.92 Å². The number of nitrogen functional groups attached to an aromatic ring is 1. The number of hydrogen-bond acceptors (Lipinski definition) is 7. The van der Waals surface area contributed by atoms with Crippen molar-refractivity contribution in [1.82, 2.24) is 9.88 Å². The SMILES string of the molecule is Cc1ccncc1-c1ccc(N)c2c1NC(N)(c1ccc(N3CCN(C)CC3)cc1)N=C2. The largest absolute Gasteiger partial charge is 0.398 e. The van der Waals surface area contributed by atoms with E-state index in [0.29, 0.717) is 5.69 Å². The Morgan fingerprint density at radius 1 is 0.969 bits per heavy atom. The summed E-state index contributed by atoms with van der Waals surface area (Å²) in [5.41, 5.74) is 20.7. The molecule has 0 bridgehead atoms. The maximum Gasteiger partial charge on any atom is 0.209 e. The smallest absolute Gasteiger partial charge is 0.209 e. The van der Waals surface area contributed by atoms with Crippen molar-refractivity contribution in [3.8, 4) is 11.1 Å². The minimum absolute atomic E-state index is 0.661. The van der Waals surface area contributed by atoms with Gasteiger partial charge >= 0.3 is 0 Å². The quantitative estimate of drug-likeness (QED) is 0.556. The fourth-order valence-corrected chi connectivity index (χ4v) is 4.41. The van der Waals surface area contributed by atoms with Crippen LogP contribution in [0.2, 0.25) is 0 Å². The maximum absolute atomic E-state index is 6.79. The van der Waals surface area contributed by atoms with E-state index in [1.54, 1.807) is 12.4 Å². The van der Waals surface area contributed by atoms with Crippen LogP contribution >= 0.6 is 0 Å². The number of nitrogens with two attached hydrogens (primary N) is 2. The number of benzene rings is 2. The molecule has 3 aromatic rings. The average molecular weight is 428 g/mol. The van der Waals surface area contributed by atoms with E-state index in [2.05, 4.69) is 63.3 Å². The molecule has 164 valence electrons. The Hall–Kier alpha value is -3.42. The maximum atomic E-state index is 6.79. The first-order chi connectivity index (χ1) is 15.4. The van der Waals surface area contributed by atoms with E-state index in [1.165, 1.54) is 5.69 Å². The number of piperazine rings is 1. The number of aromatic nitrogens is 1. The number of anilines is 3. The second kappa shape index (κ2) is 7.93. The second-order valence-electron chi connectivity index (χ2n) is 8.67. The molecule has 1 aromatic heterocycles. The highest BCUT2D eigenvalue weighted by atomic mass is 15.3. The summed E-state index contributed by atoms with van der Waals surface area (Å²) >= 11 is 0. The lowest BCUT2D eigenvalue weighted by Gasteiger charge is -2.35. The summed E-state index contributed by atoms with van der Waals surface area (Å²) in [7, 11) is 2.16. The Morgan fingerprint density at radius 3 is 2.44 bits per heavy atom. The van der Waals surface area contributed by atoms with Gasteiger partial charge in [0.05, 0.1) is 5.69 Å². The van der Waals surface area contributed by atoms with Crippen molar-refractivity contribution in [3.63, 3.8) is 0 Å². The van der Waals surface area contributed by atoms with E-state index >= 15 is 0 Å². The molecule has 1 saturated heterocycles. The predicted molar refractivity (Wildman–Crippen MR) is 132 cm³/mol. The van der Waals surface area contributed by atoms with Gasteiger partial charge in [0.25, 0.3) is 0 Å². The lowest BCUT2D eigenvalue weighted by Crippen LogP contribution is -2.45. The number of aliphatic imine (C=N–C) groups is 1. The van der Waals surface area contributed by atoms with Crippen molar-refractivity contribution in [2.45, 2.75) is 12.7 Å². The molecule has 0 aliphatic carbocycles. The Labute approximate surface area is 188 Å². The van der Waals surface area contributed by atoms with Crippen LogP contribution in [-0.4, -0.2) is 49.3 Å². The van der Waals surface area contributed by atoms with Gasteiger partial charge in [-0.3, -0.25) is 10.7 Å². The second-order valence-corrected chi connectivity index (χ2v) is 8.67. The summed E-state index contributed by atoms with van der Waals surface area (Å²) in [5.74, 6) is -1.08. The molecule has 2 aromatic carbocycles. The predicted octanol–water partition coefficient (Wildman–Crippen LogP) is 3.00. The normalized spacial score (nSPS) is 20.7. The monoisotopic (exact) mass is 427 g/mol. The van der Waals surface area contributed by atoms with E-state index in [-0.39, 0.29) is 0 Å². The van der Waals surface area contributed by atoms with E-state index in [4.69, 9.17) is 11.5 Å². The molecule has 7 nitrogen and oxygen atoms in total. The Kier molecular flexibility index (Phi) is 5.07. The summed E-state index contributed by atoms with van der Waals surface area (Å²) < 4.78 is 0. The number of aryl methyl sites for hydroxylation is 1. The van der Waals surface area contributed by atoms with Gasteiger partial charge < -0.3 is 20.9 Å². The molecule has 0 amide bonds. The Bertz CT molecular complexity index is 1160. The van der Waals surface area contributed by atoms with Crippen molar-refractivity contribution in [3.05, 3.63) is 71.5 Å². The van der Waals surface area contributed by atoms with Crippen LogP contribution in [0.1, 0.15) is 16.7 Å². The van der Waals surface area contributed by atoms with Gasteiger partial charge in [-0.1, -0.05) is 18.2 Å². The third kappa shape index (κ3) is 3.59. The average Bonchev–Trinajstić information content (AvgIpc) is 2.81. The summed E-state index contributed by atoms with van der Waals surface area (Å²) in [5, 5.41) is 3.48. The molecular weight excluding hydrogens is 398 g/mol. The minimum Gasteiger partial charge on any atom is -0.398 e. The van der Waals surface area contributed by atoms with Gasteiger partial charge in [0.2, 0.25) is 5.79 Å². The highest BCUT2D eigenvalue weighted by Gasteiger charge is 2.32. The van der Waals surface area contributed by atoms with Crippen molar-refractivity contribution < 1.29 is 0 Å². The first-order valence-electron chi connectivity index (χ1n) is 10.9. The van der Waals surface area contributed by atoms with E-state index < -0.39 is 5.79 Å². The standard InChI is InChI=1S/C25H29N7/c1-17-9-10-28-15-21(17)20-7-8-23(26)22-16-29-25(27,30-24(20)22)18-3-5-19(6-4-18)32-13-11-31(2)12-14-32/h3-10,15-16,30H,11-14,26-27H2,1-2H3. The van der Waals surface area contributed by atoms with Gasteiger partial charge in [0.1, 0.15) is 0 Å². The van der Waals surface area contributed by atoms with Crippen molar-refractivity contribution in [1.29, 1.82) is 0 Å². The van der Waals surface area contributed by atoms with Crippen molar-refractivity contribution in [2.24, 2.45) is 10.7 Å². The van der Waals surface area contributed by atoms with Crippen LogP contribution in [0.4, 0.5) is 17.1 Å². The van der Waals surface area contributed by atoms with Crippen molar-refractivity contribution in [2.75, 3.05) is 49.2 Å². The van der Waals surface area contributed by atoms with Gasteiger partial charge in [0.15, 0.2) is 0 Å². The summed E-state index contributed by atoms with van der Waals surface area (Å²) in [6.07, 6.45) is 5.45. The van der Waals surface area contributed by atoms with Crippen LogP contribution in [0.15, 0.2) is 59.9 Å². The van der Waals surface area contributed by atoms with Crippen LogP contribution in [0.3, 0.4) is 0 Å². The van der Waals surface area contributed by atoms with Gasteiger partial charge in [-0.15, -0.1) is 0 Å². The van der Waals surface area contributed by atoms with Gasteiger partial charge in [0, 0.05) is 78.4 Å². The first-order valence-corrected chi connectivity index (χ1v) is 10.9. The molecule has 0 radical (unpaired) electrons. The number of fused-ring (bicyclic) bond motifs is 1. The van der Waals surface area contributed by atoms with Gasteiger partial charge in [-0.2, -0.15) is 0 Å². The summed E-state index contributed by atoms with van der Waals surface area (Å²) in [6.45, 7) is 6.27. The summed E-state index contributed by atoms with van der Waals surface area (Å²) in [4.78, 5) is 13.7. The third-order valence-electron chi connectivity index (χ3n) is 6.50. The first kappa shape index (κ1) is 20.5. The molecule has 0 spiro atoms. The zero-order chi connectivity index (χ0) is 22.3. The van der Waals surface area contributed by atoms with Crippen molar-refractivity contribution >= 4 is 23.3 Å². The van der Waals surface area contributed by atoms with E-state index in [0.717, 1.165) is 59.7 Å². The highest BCUT2D eigenvalue weighted by Crippen LogP contribution is 2.40. The fraction of sp³-hybridized carbons (Fsp3) is 0.280. The molecule has 1 unspecified atom stereocenters. The zero-order valence-corrected chi connectivity index (χ0v) is 18.5. The Balaban J connectivity index is 1.48. The number of hydrogen-bond donors (Lipinski definition) is 3. The molecule has 2 aliphatic heterocycles. The molecule has 2 aliphatic rings. The number of rotatable bonds is 3. The van der Waals surface area contributed by atoms with E-state index in [9.17, 15) is 0 Å². The topological polar surface area (TPSA) is 95.8 Å². The van der Waals surface area contributed by atoms with Crippen LogP contribution in [0.5, 0.6) is 0 Å². The van der Waals surface area contributed by atoms with Crippen LogP contribution in [-0.2, 0) is 5.79 Å². The van der Waals surface area contributed by atoms with Gasteiger partial charge in [-0.05, 0) is 43.8 Å². The molecule has 3 heterocycles. The fourth-order valence-electron chi connectivity index (χ4n) is 4.41. The molecular formula is C25H29N7. The molecule has 1 fully saturated rings. The van der Waals surface area contributed by atoms with Crippen LogP contribution < -0.4 is 21.7 Å². The highest BCUT2D eigenvalue weighted by molar-refractivity contribution is 6.02. The number of likely N-dealkylation sites (N-methyl/N-ethyl adjacent to an activating group) is 1. The Morgan fingerprint density at radius 2 is 1.72 bits per heavy atom.